The molecule has 1 aromatic heterocycles. The molecule has 2 aromatic rings. The molecule has 0 saturated heterocycles. The molecule has 0 aliphatic rings. The summed E-state index contributed by atoms with van der Waals surface area (Å²) in [6.07, 6.45) is 0. The SMILES string of the molecule is COc1ccc(S(=O)(=O)Nc2nc(CN(C)C)cs2)cc1. The van der Waals surface area contributed by atoms with E-state index in [2.05, 4.69) is 9.71 Å². The van der Waals surface area contributed by atoms with Crippen molar-refractivity contribution in [1.82, 2.24) is 9.88 Å². The number of hydrogen-bond donors (Lipinski definition) is 1. The number of thiazole rings is 1. The quantitative estimate of drug-likeness (QED) is 0.879. The average molecular weight is 327 g/mol. The van der Waals surface area contributed by atoms with Gasteiger partial charge in [-0.25, -0.2) is 13.4 Å². The summed E-state index contributed by atoms with van der Waals surface area (Å²) in [5.74, 6) is 0.608. The minimum atomic E-state index is -3.62. The van der Waals surface area contributed by atoms with E-state index in [-0.39, 0.29) is 4.90 Å². The smallest absolute Gasteiger partial charge is 0.263 e. The van der Waals surface area contributed by atoms with Gasteiger partial charge in [0.05, 0.1) is 17.7 Å². The molecular weight excluding hydrogens is 310 g/mol. The van der Waals surface area contributed by atoms with Crippen molar-refractivity contribution < 1.29 is 13.2 Å². The summed E-state index contributed by atoms with van der Waals surface area (Å²) in [6, 6.07) is 6.20. The van der Waals surface area contributed by atoms with E-state index >= 15 is 0 Å². The first-order valence-corrected chi connectivity index (χ1v) is 8.53. The highest BCUT2D eigenvalue weighted by Crippen LogP contribution is 2.22. The lowest BCUT2D eigenvalue weighted by Crippen LogP contribution is -2.13. The van der Waals surface area contributed by atoms with Gasteiger partial charge in [-0.05, 0) is 38.4 Å². The molecule has 8 heteroatoms. The Labute approximate surface area is 128 Å². The molecule has 0 aliphatic carbocycles. The van der Waals surface area contributed by atoms with Crippen molar-refractivity contribution in [2.75, 3.05) is 25.9 Å². The molecule has 1 heterocycles. The first-order chi connectivity index (χ1) is 9.90. The summed E-state index contributed by atoms with van der Waals surface area (Å²) in [5, 5.41) is 2.20. The number of nitrogens with one attached hydrogen (secondary N) is 1. The Hall–Kier alpha value is -1.64. The number of sulfonamides is 1. The second-order valence-electron chi connectivity index (χ2n) is 4.66. The molecule has 0 saturated carbocycles. The summed E-state index contributed by atoms with van der Waals surface area (Å²) in [6.45, 7) is 0.667. The Balaban J connectivity index is 2.14. The topological polar surface area (TPSA) is 71.5 Å². The Bertz CT molecular complexity index is 694. The zero-order chi connectivity index (χ0) is 15.5. The number of anilines is 1. The van der Waals surface area contributed by atoms with E-state index in [9.17, 15) is 8.42 Å². The number of nitrogens with zero attached hydrogens (tertiary/aromatic N) is 2. The van der Waals surface area contributed by atoms with Crippen molar-refractivity contribution in [2.45, 2.75) is 11.4 Å². The lowest BCUT2D eigenvalue weighted by atomic mass is 10.3. The second kappa shape index (κ2) is 6.42. The average Bonchev–Trinajstić information content (AvgIpc) is 2.84. The molecule has 0 aliphatic heterocycles. The van der Waals surface area contributed by atoms with Crippen molar-refractivity contribution in [3.63, 3.8) is 0 Å². The zero-order valence-corrected chi connectivity index (χ0v) is 13.7. The molecule has 2 rings (SSSR count). The molecule has 0 bridgehead atoms. The third-order valence-corrected chi connectivity index (χ3v) is 4.91. The van der Waals surface area contributed by atoms with Crippen LogP contribution in [0.4, 0.5) is 5.13 Å². The summed E-state index contributed by atoms with van der Waals surface area (Å²) in [5.41, 5.74) is 0.831. The first-order valence-electron chi connectivity index (χ1n) is 6.17. The fourth-order valence-electron chi connectivity index (χ4n) is 1.68. The minimum absolute atomic E-state index is 0.174. The van der Waals surface area contributed by atoms with Gasteiger partial charge in [0.25, 0.3) is 10.0 Å². The van der Waals surface area contributed by atoms with Crippen LogP contribution in [0.2, 0.25) is 0 Å². The van der Waals surface area contributed by atoms with Crippen LogP contribution in [0.25, 0.3) is 0 Å². The van der Waals surface area contributed by atoms with E-state index in [0.717, 1.165) is 5.69 Å². The zero-order valence-electron chi connectivity index (χ0n) is 12.0. The number of aromatic nitrogens is 1. The third-order valence-electron chi connectivity index (χ3n) is 2.62. The molecule has 0 fully saturated rings. The highest BCUT2D eigenvalue weighted by molar-refractivity contribution is 7.93. The van der Waals surface area contributed by atoms with Crippen molar-refractivity contribution >= 4 is 26.5 Å². The van der Waals surface area contributed by atoms with Gasteiger partial charge in [-0.3, -0.25) is 4.72 Å². The van der Waals surface area contributed by atoms with Crippen LogP contribution >= 0.6 is 11.3 Å². The van der Waals surface area contributed by atoms with Crippen molar-refractivity contribution in [3.05, 3.63) is 35.3 Å². The Morgan fingerprint density at radius 2 is 1.95 bits per heavy atom. The van der Waals surface area contributed by atoms with Gasteiger partial charge in [0.1, 0.15) is 5.75 Å². The van der Waals surface area contributed by atoms with Gasteiger partial charge in [-0.1, -0.05) is 0 Å². The molecule has 0 atom stereocenters. The fraction of sp³-hybridized carbons (Fsp3) is 0.308. The predicted molar refractivity (Wildman–Crippen MR) is 83.3 cm³/mol. The van der Waals surface area contributed by atoms with Gasteiger partial charge in [0, 0.05) is 11.9 Å². The summed E-state index contributed by atoms with van der Waals surface area (Å²) in [4.78, 5) is 6.40. The number of ether oxygens (including phenoxy) is 1. The van der Waals surface area contributed by atoms with E-state index in [1.54, 1.807) is 12.1 Å². The highest BCUT2D eigenvalue weighted by Gasteiger charge is 2.16. The lowest BCUT2D eigenvalue weighted by molar-refractivity contribution is 0.398. The van der Waals surface area contributed by atoms with E-state index in [0.29, 0.717) is 17.4 Å². The van der Waals surface area contributed by atoms with Crippen molar-refractivity contribution in [1.29, 1.82) is 0 Å². The van der Waals surface area contributed by atoms with Crippen LogP contribution in [0.3, 0.4) is 0 Å². The van der Waals surface area contributed by atoms with Crippen LogP contribution in [0, 0.1) is 0 Å². The van der Waals surface area contributed by atoms with Crippen LogP contribution < -0.4 is 9.46 Å². The maximum atomic E-state index is 12.2. The molecule has 114 valence electrons. The van der Waals surface area contributed by atoms with E-state index in [1.165, 1.54) is 30.6 Å². The van der Waals surface area contributed by atoms with Crippen molar-refractivity contribution in [3.8, 4) is 5.75 Å². The molecule has 0 amide bonds. The Kier molecular flexibility index (Phi) is 4.81. The number of benzene rings is 1. The molecule has 6 nitrogen and oxygen atoms in total. The summed E-state index contributed by atoms with van der Waals surface area (Å²) >= 11 is 1.27. The van der Waals surface area contributed by atoms with E-state index in [4.69, 9.17) is 4.74 Å². The Morgan fingerprint density at radius 1 is 1.29 bits per heavy atom. The highest BCUT2D eigenvalue weighted by atomic mass is 32.2. The second-order valence-corrected chi connectivity index (χ2v) is 7.20. The number of rotatable bonds is 6. The molecule has 1 aromatic carbocycles. The van der Waals surface area contributed by atoms with Crippen LogP contribution in [0.15, 0.2) is 34.5 Å². The molecule has 0 unspecified atom stereocenters. The van der Waals surface area contributed by atoms with Gasteiger partial charge in [0.2, 0.25) is 0 Å². The number of hydrogen-bond acceptors (Lipinski definition) is 6. The molecule has 1 N–H and O–H groups in total. The van der Waals surface area contributed by atoms with Crippen LogP contribution in [0.1, 0.15) is 5.69 Å². The number of methoxy groups -OCH3 is 1. The van der Waals surface area contributed by atoms with Gasteiger partial charge < -0.3 is 9.64 Å². The molecule has 0 spiro atoms. The summed E-state index contributed by atoms with van der Waals surface area (Å²) < 4.78 is 32.0. The normalized spacial score (nSPS) is 11.6. The van der Waals surface area contributed by atoms with Gasteiger partial charge in [-0.2, -0.15) is 0 Å². The van der Waals surface area contributed by atoms with E-state index < -0.39 is 10.0 Å². The van der Waals surface area contributed by atoms with Crippen LogP contribution in [0.5, 0.6) is 5.75 Å². The fourth-order valence-corrected chi connectivity index (χ4v) is 3.63. The molecule has 0 radical (unpaired) electrons. The lowest BCUT2D eigenvalue weighted by Gasteiger charge is -2.07. The molecule has 21 heavy (non-hydrogen) atoms. The maximum Gasteiger partial charge on any atom is 0.263 e. The van der Waals surface area contributed by atoms with E-state index in [1.807, 2.05) is 24.4 Å². The molecular formula is C13H17N3O3S2. The van der Waals surface area contributed by atoms with Gasteiger partial charge >= 0.3 is 0 Å². The monoisotopic (exact) mass is 327 g/mol. The largest absolute Gasteiger partial charge is 0.497 e. The first kappa shape index (κ1) is 15.7. The predicted octanol–water partition coefficient (Wildman–Crippen LogP) is 2.01. The summed E-state index contributed by atoms with van der Waals surface area (Å²) in [7, 11) is 1.77. The Morgan fingerprint density at radius 3 is 2.52 bits per heavy atom. The van der Waals surface area contributed by atoms with Crippen LogP contribution in [-0.4, -0.2) is 39.5 Å². The third kappa shape index (κ3) is 4.16. The van der Waals surface area contributed by atoms with Crippen molar-refractivity contribution in [2.24, 2.45) is 0 Å². The van der Waals surface area contributed by atoms with Gasteiger partial charge in [-0.15, -0.1) is 11.3 Å². The van der Waals surface area contributed by atoms with Crippen LogP contribution in [-0.2, 0) is 16.6 Å². The van der Waals surface area contributed by atoms with Gasteiger partial charge in [0.15, 0.2) is 5.13 Å². The maximum absolute atomic E-state index is 12.2. The minimum Gasteiger partial charge on any atom is -0.497 e. The standard InChI is InChI=1S/C13H17N3O3S2/c1-16(2)8-10-9-20-13(14-10)15-21(17,18)12-6-4-11(19-3)5-7-12/h4-7,9H,8H2,1-3H3,(H,14,15).